The zero-order valence-corrected chi connectivity index (χ0v) is 15.6. The van der Waals surface area contributed by atoms with Crippen molar-refractivity contribution in [2.45, 2.75) is 26.4 Å². The van der Waals surface area contributed by atoms with E-state index in [9.17, 15) is 19.7 Å². The maximum atomic E-state index is 12.5. The van der Waals surface area contributed by atoms with Crippen LogP contribution in [-0.4, -0.2) is 22.5 Å². The van der Waals surface area contributed by atoms with E-state index in [1.165, 1.54) is 12.1 Å². The smallest absolute Gasteiger partial charge is 0.420 e. The Kier molecular flexibility index (Phi) is 5.16. The number of fused-ring (bicyclic) bond motifs is 1. The lowest BCUT2D eigenvalue weighted by molar-refractivity contribution is -0.384. The minimum Gasteiger partial charge on any atom is -0.496 e. The van der Waals surface area contributed by atoms with Gasteiger partial charge in [0.25, 0.3) is 5.69 Å². The lowest BCUT2D eigenvalue weighted by Crippen LogP contribution is -2.32. The monoisotopic (exact) mass is 385 g/mol. The van der Waals surface area contributed by atoms with E-state index in [0.717, 1.165) is 21.8 Å². The molecule has 0 aliphatic rings. The van der Waals surface area contributed by atoms with Gasteiger partial charge in [0.1, 0.15) is 12.3 Å². The summed E-state index contributed by atoms with van der Waals surface area (Å²) in [6.07, 6.45) is 0. The zero-order chi connectivity index (χ0) is 20.4. The van der Waals surface area contributed by atoms with Gasteiger partial charge in [0.2, 0.25) is 5.91 Å². The summed E-state index contributed by atoms with van der Waals surface area (Å²) < 4.78 is 11.5. The molecule has 1 heterocycles. The molecule has 3 aromatic rings. The maximum absolute atomic E-state index is 12.5. The van der Waals surface area contributed by atoms with Gasteiger partial charge in [-0.15, -0.1) is 0 Å². The molecule has 0 aliphatic heterocycles. The number of carbonyl (C=O) groups is 1. The van der Waals surface area contributed by atoms with Crippen LogP contribution in [0.4, 0.5) is 5.69 Å². The number of non-ortho nitro benzene ring substituents is 1. The number of nitrogens with one attached hydrogen (secondary N) is 1. The van der Waals surface area contributed by atoms with Crippen LogP contribution in [0.3, 0.4) is 0 Å². The Labute approximate surface area is 159 Å². The third-order valence-electron chi connectivity index (χ3n) is 4.39. The van der Waals surface area contributed by atoms with Crippen molar-refractivity contribution in [3.63, 3.8) is 0 Å². The molecule has 2 aromatic carbocycles. The molecule has 28 heavy (non-hydrogen) atoms. The number of rotatable bonds is 6. The lowest BCUT2D eigenvalue weighted by atomic mass is 10.0. The van der Waals surface area contributed by atoms with Gasteiger partial charge in [0.05, 0.1) is 29.7 Å². The Morgan fingerprint density at radius 2 is 2.07 bits per heavy atom. The number of carbonyl (C=O) groups excluding carboxylic acids is 1. The number of nitro benzene ring substituents is 1. The van der Waals surface area contributed by atoms with Crippen molar-refractivity contribution in [1.29, 1.82) is 0 Å². The van der Waals surface area contributed by atoms with Crippen molar-refractivity contribution in [2.75, 3.05) is 7.11 Å². The molecule has 1 N–H and O–H groups in total. The Bertz CT molecular complexity index is 1110. The van der Waals surface area contributed by atoms with Crippen LogP contribution in [0.2, 0.25) is 0 Å². The van der Waals surface area contributed by atoms with Crippen molar-refractivity contribution in [2.24, 2.45) is 0 Å². The van der Waals surface area contributed by atoms with Crippen molar-refractivity contribution in [3.05, 3.63) is 68.2 Å². The van der Waals surface area contributed by atoms with E-state index in [1.807, 2.05) is 32.0 Å². The van der Waals surface area contributed by atoms with Crippen LogP contribution >= 0.6 is 0 Å². The van der Waals surface area contributed by atoms with Gasteiger partial charge in [-0.1, -0.05) is 17.7 Å². The zero-order valence-electron chi connectivity index (χ0n) is 15.6. The molecule has 0 saturated heterocycles. The van der Waals surface area contributed by atoms with Gasteiger partial charge in [-0.05, 0) is 26.0 Å². The Balaban J connectivity index is 1.82. The minimum absolute atomic E-state index is 0.0559. The first-order valence-electron chi connectivity index (χ1n) is 8.52. The predicted octanol–water partition coefficient (Wildman–Crippen LogP) is 2.70. The van der Waals surface area contributed by atoms with E-state index in [-0.39, 0.29) is 23.9 Å². The average Bonchev–Trinajstić information content (AvgIpc) is 2.96. The molecule has 3 rings (SSSR count). The second kappa shape index (κ2) is 7.55. The number of hydrogen-bond donors (Lipinski definition) is 1. The highest BCUT2D eigenvalue weighted by atomic mass is 16.6. The number of oxazole rings is 1. The quantitative estimate of drug-likeness (QED) is 0.515. The second-order valence-corrected chi connectivity index (χ2v) is 6.40. The van der Waals surface area contributed by atoms with Crippen LogP contribution in [0.15, 0.2) is 45.6 Å². The van der Waals surface area contributed by atoms with Crippen LogP contribution in [0.5, 0.6) is 5.75 Å². The number of methoxy groups -OCH3 is 1. The molecule has 1 aromatic heterocycles. The summed E-state index contributed by atoms with van der Waals surface area (Å²) in [6.45, 7) is 3.48. The van der Waals surface area contributed by atoms with Gasteiger partial charge in [-0.3, -0.25) is 19.5 Å². The van der Waals surface area contributed by atoms with E-state index in [1.54, 1.807) is 7.11 Å². The van der Waals surface area contributed by atoms with Gasteiger partial charge < -0.3 is 14.5 Å². The van der Waals surface area contributed by atoms with Crippen LogP contribution < -0.4 is 15.8 Å². The molecule has 0 fully saturated rings. The highest BCUT2D eigenvalue weighted by Crippen LogP contribution is 2.26. The number of hydrogen-bond acceptors (Lipinski definition) is 6. The van der Waals surface area contributed by atoms with E-state index in [0.29, 0.717) is 11.3 Å². The molecular weight excluding hydrogens is 366 g/mol. The Morgan fingerprint density at radius 1 is 1.32 bits per heavy atom. The third kappa shape index (κ3) is 3.73. The third-order valence-corrected chi connectivity index (χ3v) is 4.39. The molecule has 0 saturated carbocycles. The predicted molar refractivity (Wildman–Crippen MR) is 101 cm³/mol. The van der Waals surface area contributed by atoms with Crippen molar-refractivity contribution in [1.82, 2.24) is 9.88 Å². The van der Waals surface area contributed by atoms with Gasteiger partial charge in [-0.2, -0.15) is 0 Å². The molecule has 9 nitrogen and oxygen atoms in total. The van der Waals surface area contributed by atoms with E-state index >= 15 is 0 Å². The number of amides is 1. The maximum Gasteiger partial charge on any atom is 0.420 e. The molecule has 1 amide bonds. The highest BCUT2D eigenvalue weighted by Gasteiger charge is 2.18. The molecule has 146 valence electrons. The Hall–Kier alpha value is -3.62. The normalized spacial score (nSPS) is 12.0. The number of nitrogens with zero attached hydrogens (tertiary/aromatic N) is 2. The van der Waals surface area contributed by atoms with Crippen LogP contribution in [0.1, 0.15) is 24.1 Å². The highest BCUT2D eigenvalue weighted by molar-refractivity contribution is 5.81. The largest absolute Gasteiger partial charge is 0.496 e. The number of aryl methyl sites for hydroxylation is 1. The lowest BCUT2D eigenvalue weighted by Gasteiger charge is -2.18. The molecule has 1 atom stereocenters. The first kappa shape index (κ1) is 19.2. The molecule has 0 bridgehead atoms. The fourth-order valence-electron chi connectivity index (χ4n) is 3.02. The molecule has 0 unspecified atom stereocenters. The van der Waals surface area contributed by atoms with Gasteiger partial charge in [0, 0.05) is 11.6 Å². The summed E-state index contributed by atoms with van der Waals surface area (Å²) in [5.74, 6) is -0.512. The molecular formula is C19H19N3O6. The summed E-state index contributed by atoms with van der Waals surface area (Å²) in [4.78, 5) is 34.8. The molecule has 0 spiro atoms. The van der Waals surface area contributed by atoms with E-state index in [4.69, 9.17) is 9.15 Å². The van der Waals surface area contributed by atoms with Crippen LogP contribution in [-0.2, 0) is 11.3 Å². The average molecular weight is 385 g/mol. The van der Waals surface area contributed by atoms with Crippen molar-refractivity contribution >= 4 is 22.7 Å². The van der Waals surface area contributed by atoms with Crippen LogP contribution in [0, 0.1) is 17.0 Å². The first-order valence-corrected chi connectivity index (χ1v) is 8.52. The fraction of sp³-hybridized carbons (Fsp3) is 0.263. The van der Waals surface area contributed by atoms with Crippen LogP contribution in [0.25, 0.3) is 11.1 Å². The summed E-state index contributed by atoms with van der Waals surface area (Å²) in [5, 5.41) is 13.7. The van der Waals surface area contributed by atoms with Gasteiger partial charge in [0.15, 0.2) is 5.58 Å². The SMILES string of the molecule is COc1ccc(C)cc1[C@@H](C)NC(=O)Cn1c(=O)oc2cc([N+](=O)[O-])ccc21. The summed E-state index contributed by atoms with van der Waals surface area (Å²) in [5.41, 5.74) is 2.01. The molecule has 0 radical (unpaired) electrons. The molecule has 9 heteroatoms. The molecule has 0 aliphatic carbocycles. The standard InChI is InChI=1S/C19H19N3O6/c1-11-4-7-16(27-3)14(8-11)12(2)20-18(23)10-21-15-6-5-13(22(25)26)9-17(15)28-19(21)24/h4-9,12H,10H2,1-3H3,(H,20,23)/t12-/m1/s1. The number of nitro groups is 1. The minimum atomic E-state index is -0.758. The number of ether oxygens (including phenoxy) is 1. The number of benzene rings is 2. The van der Waals surface area contributed by atoms with Crippen molar-refractivity contribution < 1.29 is 18.9 Å². The number of aromatic nitrogens is 1. The van der Waals surface area contributed by atoms with Gasteiger partial charge in [-0.25, -0.2) is 4.79 Å². The summed E-state index contributed by atoms with van der Waals surface area (Å²) in [7, 11) is 1.55. The van der Waals surface area contributed by atoms with Gasteiger partial charge >= 0.3 is 5.76 Å². The summed E-state index contributed by atoms with van der Waals surface area (Å²) >= 11 is 0. The first-order chi connectivity index (χ1) is 13.3. The topological polar surface area (TPSA) is 117 Å². The second-order valence-electron chi connectivity index (χ2n) is 6.40. The van der Waals surface area contributed by atoms with E-state index in [2.05, 4.69) is 5.32 Å². The summed E-state index contributed by atoms with van der Waals surface area (Å²) in [6, 6.07) is 9.11. The van der Waals surface area contributed by atoms with E-state index < -0.39 is 16.6 Å². The van der Waals surface area contributed by atoms with Crippen molar-refractivity contribution in [3.8, 4) is 5.75 Å². The fourth-order valence-corrected chi connectivity index (χ4v) is 3.02. The Morgan fingerprint density at radius 3 is 2.75 bits per heavy atom.